The Bertz CT molecular complexity index is 62.5. The summed E-state index contributed by atoms with van der Waals surface area (Å²) in [5.41, 5.74) is 0. The number of ether oxygens (including phenoxy) is 1. The van der Waals surface area contributed by atoms with Gasteiger partial charge in [-0.2, -0.15) is 6.92 Å². The summed E-state index contributed by atoms with van der Waals surface area (Å²) in [6.45, 7) is 1.97. The molecule has 1 aliphatic rings. The Hall–Kier alpha value is 0.137. The van der Waals surface area contributed by atoms with E-state index in [0.29, 0.717) is 0 Å². The molecule has 0 saturated carbocycles. The predicted octanol–water partition coefficient (Wildman–Crippen LogP) is -1.52. The van der Waals surface area contributed by atoms with E-state index in [4.69, 9.17) is 4.74 Å². The van der Waals surface area contributed by atoms with Crippen LogP contribution in [-0.4, -0.2) is 0 Å². The second kappa shape index (κ2) is 3.18. The van der Waals surface area contributed by atoms with E-state index < -0.39 is 0 Å². The summed E-state index contributed by atoms with van der Waals surface area (Å²) < 4.78 is 4.89. The normalized spacial score (nSPS) is 18.4. The van der Waals surface area contributed by atoms with Crippen molar-refractivity contribution in [2.45, 2.75) is 13.3 Å². The second-order valence-electron chi connectivity index (χ2n) is 1.40. The number of rotatable bonds is 0. The van der Waals surface area contributed by atoms with E-state index in [2.05, 4.69) is 0 Å². The summed E-state index contributed by atoms with van der Waals surface area (Å²) in [7, 11) is 0. The second-order valence-corrected chi connectivity index (χ2v) is 1.40. The van der Waals surface area contributed by atoms with Crippen LogP contribution in [0, 0.1) is 6.10 Å². The minimum absolute atomic E-state index is 0. The topological polar surface area (TPSA) is 9.23 Å². The summed E-state index contributed by atoms with van der Waals surface area (Å²) in [6, 6.07) is 0. The third kappa shape index (κ3) is 2.06. The van der Waals surface area contributed by atoms with Crippen LogP contribution in [-0.2, 0) is 4.74 Å². The van der Waals surface area contributed by atoms with Crippen molar-refractivity contribution in [2.75, 3.05) is 0 Å². The van der Waals surface area contributed by atoms with Gasteiger partial charge in [-0.25, -0.2) is 0 Å². The maximum absolute atomic E-state index is 4.89. The zero-order valence-corrected chi connectivity index (χ0v) is 4.77. The smallest absolute Gasteiger partial charge is 0.665 e. The van der Waals surface area contributed by atoms with Crippen molar-refractivity contribution in [1.29, 1.82) is 0 Å². The van der Waals surface area contributed by atoms with Gasteiger partial charge in [0.05, 0.1) is 0 Å². The van der Waals surface area contributed by atoms with Crippen molar-refractivity contribution in [3.8, 4) is 0 Å². The van der Waals surface area contributed by atoms with Gasteiger partial charge in [0.15, 0.2) is 0 Å². The summed E-state index contributed by atoms with van der Waals surface area (Å²) >= 11 is 0. The molecule has 0 fully saturated rings. The van der Waals surface area contributed by atoms with Crippen LogP contribution in [0.15, 0.2) is 12.3 Å². The van der Waals surface area contributed by atoms with Gasteiger partial charge >= 0.3 is 18.9 Å². The molecule has 0 unspecified atom stereocenters. The molecule has 1 rings (SSSR count). The predicted molar refractivity (Wildman–Crippen MR) is 23.8 cm³/mol. The van der Waals surface area contributed by atoms with E-state index in [0.717, 1.165) is 12.5 Å². The van der Waals surface area contributed by atoms with Gasteiger partial charge in [0.2, 0.25) is 0 Å². The van der Waals surface area contributed by atoms with Crippen molar-refractivity contribution < 1.29 is 23.6 Å². The van der Waals surface area contributed by atoms with Crippen molar-refractivity contribution in [2.24, 2.45) is 0 Å². The van der Waals surface area contributed by atoms with E-state index in [1.165, 1.54) is 0 Å². The monoisotopic (exact) mass is 90.1 g/mol. The molecule has 0 aromatic carbocycles. The molecule has 34 valence electrons. The molecule has 0 spiro atoms. The van der Waals surface area contributed by atoms with E-state index in [9.17, 15) is 0 Å². The standard InChI is InChI=1S/C5H7O.Li/c1-5-3-2-4-6-5;/h2,4H,3H2,1H3;/q-1;+1. The molecule has 0 bridgehead atoms. The Morgan fingerprint density at radius 3 is 2.57 bits per heavy atom. The molecule has 1 aliphatic heterocycles. The molecule has 0 atom stereocenters. The summed E-state index contributed by atoms with van der Waals surface area (Å²) in [4.78, 5) is 0. The fourth-order valence-electron chi connectivity index (χ4n) is 0.426. The third-order valence-corrected chi connectivity index (χ3v) is 0.771. The van der Waals surface area contributed by atoms with Crippen LogP contribution < -0.4 is 18.9 Å². The molecule has 1 nitrogen and oxygen atoms in total. The molecule has 7 heavy (non-hydrogen) atoms. The first-order valence-electron chi connectivity index (χ1n) is 2.03. The molecule has 2 heteroatoms. The SMILES string of the molecule is C[C-]1CC=CO1.[Li+]. The molecule has 0 aromatic heterocycles. The maximum Gasteiger partial charge on any atom is 1.00 e. The molecule has 0 radical (unpaired) electrons. The zero-order valence-electron chi connectivity index (χ0n) is 4.77. The zero-order chi connectivity index (χ0) is 4.41. The summed E-state index contributed by atoms with van der Waals surface area (Å²) in [5.74, 6) is 0. The summed E-state index contributed by atoms with van der Waals surface area (Å²) in [6.07, 6.45) is 5.81. The quantitative estimate of drug-likeness (QED) is 0.259. The first-order valence-corrected chi connectivity index (χ1v) is 2.03. The fourth-order valence-corrected chi connectivity index (χ4v) is 0.426. The minimum Gasteiger partial charge on any atom is -0.665 e. The molecule has 0 amide bonds. The first-order chi connectivity index (χ1) is 2.89. The van der Waals surface area contributed by atoms with Crippen LogP contribution in [0.2, 0.25) is 0 Å². The number of hydrogen-bond donors (Lipinski definition) is 0. The Labute approximate surface area is 55.9 Å². The molecular weight excluding hydrogens is 83.0 g/mol. The van der Waals surface area contributed by atoms with Crippen molar-refractivity contribution >= 4 is 0 Å². The molecule has 0 saturated heterocycles. The maximum atomic E-state index is 4.89. The van der Waals surface area contributed by atoms with Crippen LogP contribution >= 0.6 is 0 Å². The van der Waals surface area contributed by atoms with Gasteiger partial charge in [-0.1, -0.05) is 6.08 Å². The fraction of sp³-hybridized carbons (Fsp3) is 0.400. The Morgan fingerprint density at radius 2 is 2.43 bits per heavy atom. The Balaban J connectivity index is 0.000000360. The van der Waals surface area contributed by atoms with Crippen molar-refractivity contribution in [3.63, 3.8) is 0 Å². The van der Waals surface area contributed by atoms with Crippen LogP contribution in [0.3, 0.4) is 0 Å². The van der Waals surface area contributed by atoms with Crippen LogP contribution in [0.25, 0.3) is 0 Å². The average Bonchev–Trinajstić information content (AvgIpc) is 1.86. The van der Waals surface area contributed by atoms with E-state index in [1.54, 1.807) is 6.26 Å². The van der Waals surface area contributed by atoms with Gasteiger partial charge in [-0.15, -0.1) is 12.5 Å². The number of hydrogen-bond acceptors (Lipinski definition) is 1. The molecule has 0 N–H and O–H groups in total. The van der Waals surface area contributed by atoms with Gasteiger partial charge in [0, 0.05) is 6.26 Å². The Kier molecular flexibility index (Phi) is 3.24. The van der Waals surface area contributed by atoms with Crippen LogP contribution in [0.5, 0.6) is 0 Å². The van der Waals surface area contributed by atoms with E-state index >= 15 is 0 Å². The van der Waals surface area contributed by atoms with Gasteiger partial charge in [-0.05, 0) is 0 Å². The molecular formula is C5H7LiO. The molecule has 0 aliphatic carbocycles. The van der Waals surface area contributed by atoms with Crippen LogP contribution in [0.1, 0.15) is 13.3 Å². The van der Waals surface area contributed by atoms with Crippen LogP contribution in [0.4, 0.5) is 0 Å². The molecule has 1 heterocycles. The third-order valence-electron chi connectivity index (χ3n) is 0.771. The van der Waals surface area contributed by atoms with Gasteiger partial charge in [0.25, 0.3) is 0 Å². The Morgan fingerprint density at radius 1 is 1.71 bits per heavy atom. The minimum atomic E-state index is 0. The average molecular weight is 90.1 g/mol. The molecule has 0 aromatic rings. The van der Waals surface area contributed by atoms with Gasteiger partial charge in [0.1, 0.15) is 0 Å². The van der Waals surface area contributed by atoms with E-state index in [-0.39, 0.29) is 18.9 Å². The van der Waals surface area contributed by atoms with Crippen molar-refractivity contribution in [3.05, 3.63) is 18.4 Å². The van der Waals surface area contributed by atoms with Crippen molar-refractivity contribution in [1.82, 2.24) is 0 Å². The first kappa shape index (κ1) is 7.14. The van der Waals surface area contributed by atoms with Gasteiger partial charge in [-0.3, -0.25) is 0 Å². The summed E-state index contributed by atoms with van der Waals surface area (Å²) in [5, 5.41) is 0. The van der Waals surface area contributed by atoms with E-state index in [1.807, 2.05) is 13.0 Å². The largest absolute Gasteiger partial charge is 1.00 e. The van der Waals surface area contributed by atoms with Gasteiger partial charge < -0.3 is 4.74 Å².